The van der Waals surface area contributed by atoms with Crippen molar-refractivity contribution in [3.05, 3.63) is 0 Å². The average Bonchev–Trinajstić information content (AvgIpc) is 2.07. The van der Waals surface area contributed by atoms with Crippen molar-refractivity contribution in [2.24, 2.45) is 10.4 Å². The molecule has 1 aliphatic carbocycles. The lowest BCUT2D eigenvalue weighted by Crippen LogP contribution is -2.27. The maximum atomic E-state index is 4.30. The van der Waals surface area contributed by atoms with E-state index in [1.54, 1.807) is 0 Å². The SMILES string of the molecule is C1=NCCC2(C1)CCCCC2. The van der Waals surface area contributed by atoms with Gasteiger partial charge in [0.25, 0.3) is 0 Å². The van der Waals surface area contributed by atoms with E-state index in [-0.39, 0.29) is 0 Å². The molecule has 1 heteroatoms. The van der Waals surface area contributed by atoms with Gasteiger partial charge in [-0.1, -0.05) is 19.3 Å². The van der Waals surface area contributed by atoms with Gasteiger partial charge in [-0.2, -0.15) is 0 Å². The summed E-state index contributed by atoms with van der Waals surface area (Å²) in [4.78, 5) is 4.30. The largest absolute Gasteiger partial charge is 0.297 e. The first kappa shape index (κ1) is 7.33. The predicted octanol–water partition coefficient (Wildman–Crippen LogP) is 2.80. The standard InChI is InChI=1S/C10H17N/c1-2-4-10(5-3-1)6-8-11-9-7-10/h8H,1-7,9H2. The highest BCUT2D eigenvalue weighted by molar-refractivity contribution is 5.59. The summed E-state index contributed by atoms with van der Waals surface area (Å²) in [5, 5.41) is 0. The van der Waals surface area contributed by atoms with E-state index in [1.165, 1.54) is 44.9 Å². The predicted molar refractivity (Wildman–Crippen MR) is 48.1 cm³/mol. The second-order valence-electron chi connectivity index (χ2n) is 4.10. The van der Waals surface area contributed by atoms with Crippen LogP contribution in [0.3, 0.4) is 0 Å². The van der Waals surface area contributed by atoms with Crippen molar-refractivity contribution in [2.75, 3.05) is 6.54 Å². The van der Waals surface area contributed by atoms with E-state index in [4.69, 9.17) is 0 Å². The van der Waals surface area contributed by atoms with Gasteiger partial charge in [-0.05, 0) is 37.3 Å². The first-order valence-corrected chi connectivity index (χ1v) is 4.90. The van der Waals surface area contributed by atoms with Crippen molar-refractivity contribution in [1.29, 1.82) is 0 Å². The zero-order valence-electron chi connectivity index (χ0n) is 7.18. The Morgan fingerprint density at radius 3 is 2.45 bits per heavy atom. The van der Waals surface area contributed by atoms with Crippen LogP contribution >= 0.6 is 0 Å². The van der Waals surface area contributed by atoms with Gasteiger partial charge in [0.2, 0.25) is 0 Å². The summed E-state index contributed by atoms with van der Waals surface area (Å²) in [6, 6.07) is 0. The summed E-state index contributed by atoms with van der Waals surface area (Å²) < 4.78 is 0. The molecule has 0 radical (unpaired) electrons. The Bertz CT molecular complexity index is 154. The number of nitrogens with zero attached hydrogens (tertiary/aromatic N) is 1. The van der Waals surface area contributed by atoms with Crippen molar-refractivity contribution in [1.82, 2.24) is 0 Å². The molecule has 1 aliphatic heterocycles. The normalized spacial score (nSPS) is 29.1. The molecule has 0 aromatic rings. The van der Waals surface area contributed by atoms with E-state index in [0.29, 0.717) is 5.41 Å². The van der Waals surface area contributed by atoms with Crippen molar-refractivity contribution in [2.45, 2.75) is 44.9 Å². The number of rotatable bonds is 0. The molecule has 1 heterocycles. The molecule has 0 N–H and O–H groups in total. The monoisotopic (exact) mass is 151 g/mol. The lowest BCUT2D eigenvalue weighted by atomic mass is 9.69. The van der Waals surface area contributed by atoms with E-state index in [0.717, 1.165) is 6.54 Å². The maximum Gasteiger partial charge on any atom is 0.0390 e. The van der Waals surface area contributed by atoms with Crippen LogP contribution in [0.4, 0.5) is 0 Å². The third-order valence-corrected chi connectivity index (χ3v) is 3.34. The minimum absolute atomic E-state index is 0.708. The minimum atomic E-state index is 0.708. The van der Waals surface area contributed by atoms with Crippen LogP contribution in [0.15, 0.2) is 4.99 Å². The summed E-state index contributed by atoms with van der Waals surface area (Å²) in [5.74, 6) is 0. The third kappa shape index (κ3) is 1.47. The molecule has 0 unspecified atom stereocenters. The van der Waals surface area contributed by atoms with E-state index >= 15 is 0 Å². The quantitative estimate of drug-likeness (QED) is 0.505. The summed E-state index contributed by atoms with van der Waals surface area (Å²) in [6.07, 6.45) is 12.1. The van der Waals surface area contributed by atoms with Crippen molar-refractivity contribution in [3.8, 4) is 0 Å². The second kappa shape index (κ2) is 2.96. The lowest BCUT2D eigenvalue weighted by molar-refractivity contribution is 0.181. The van der Waals surface area contributed by atoms with Crippen LogP contribution in [0.1, 0.15) is 44.9 Å². The molecule has 0 aromatic carbocycles. The molecule has 11 heavy (non-hydrogen) atoms. The van der Waals surface area contributed by atoms with Gasteiger partial charge in [-0.25, -0.2) is 0 Å². The van der Waals surface area contributed by atoms with Gasteiger partial charge in [0.15, 0.2) is 0 Å². The Labute approximate surface area is 68.9 Å². The van der Waals surface area contributed by atoms with Crippen molar-refractivity contribution >= 4 is 6.21 Å². The Morgan fingerprint density at radius 1 is 1.00 bits per heavy atom. The average molecular weight is 151 g/mol. The highest BCUT2D eigenvalue weighted by atomic mass is 14.7. The van der Waals surface area contributed by atoms with Crippen LogP contribution < -0.4 is 0 Å². The van der Waals surface area contributed by atoms with Gasteiger partial charge in [-0.15, -0.1) is 0 Å². The molecule has 0 bridgehead atoms. The highest BCUT2D eigenvalue weighted by Crippen LogP contribution is 2.42. The highest BCUT2D eigenvalue weighted by Gasteiger charge is 2.31. The van der Waals surface area contributed by atoms with E-state index < -0.39 is 0 Å². The molecular weight excluding hydrogens is 134 g/mol. The molecule has 1 fully saturated rings. The summed E-state index contributed by atoms with van der Waals surface area (Å²) in [6.45, 7) is 1.10. The van der Waals surface area contributed by atoms with Gasteiger partial charge in [0.05, 0.1) is 0 Å². The molecular formula is C10H17N. The lowest BCUT2D eigenvalue weighted by Gasteiger charge is -2.37. The van der Waals surface area contributed by atoms with E-state index in [9.17, 15) is 0 Å². The second-order valence-corrected chi connectivity index (χ2v) is 4.10. The molecule has 0 atom stereocenters. The van der Waals surface area contributed by atoms with Crippen LogP contribution in [-0.2, 0) is 0 Å². The number of hydrogen-bond acceptors (Lipinski definition) is 1. The van der Waals surface area contributed by atoms with Crippen LogP contribution in [0, 0.1) is 5.41 Å². The van der Waals surface area contributed by atoms with Crippen LogP contribution in [0.25, 0.3) is 0 Å². The molecule has 0 aromatic heterocycles. The first-order valence-electron chi connectivity index (χ1n) is 4.90. The molecule has 1 saturated carbocycles. The van der Waals surface area contributed by atoms with E-state index in [2.05, 4.69) is 11.2 Å². The summed E-state index contributed by atoms with van der Waals surface area (Å²) in [5.41, 5.74) is 0.708. The van der Waals surface area contributed by atoms with Crippen LogP contribution in [0.5, 0.6) is 0 Å². The molecule has 62 valence electrons. The number of hydrogen-bond donors (Lipinski definition) is 0. The van der Waals surface area contributed by atoms with Gasteiger partial charge < -0.3 is 0 Å². The smallest absolute Gasteiger partial charge is 0.0390 e. The Kier molecular flexibility index (Phi) is 1.97. The minimum Gasteiger partial charge on any atom is -0.297 e. The summed E-state index contributed by atoms with van der Waals surface area (Å²) >= 11 is 0. The number of aliphatic imine (C=N–C) groups is 1. The molecule has 2 rings (SSSR count). The van der Waals surface area contributed by atoms with Gasteiger partial charge >= 0.3 is 0 Å². The molecule has 0 amide bonds. The van der Waals surface area contributed by atoms with Gasteiger partial charge in [-0.3, -0.25) is 4.99 Å². The van der Waals surface area contributed by atoms with Crippen LogP contribution in [-0.4, -0.2) is 12.8 Å². The van der Waals surface area contributed by atoms with Crippen LogP contribution in [0.2, 0.25) is 0 Å². The Morgan fingerprint density at radius 2 is 1.82 bits per heavy atom. The molecule has 2 aliphatic rings. The first-order chi connectivity index (χ1) is 5.41. The Balaban J connectivity index is 2.01. The van der Waals surface area contributed by atoms with Crippen molar-refractivity contribution in [3.63, 3.8) is 0 Å². The fraction of sp³-hybridized carbons (Fsp3) is 0.900. The third-order valence-electron chi connectivity index (χ3n) is 3.34. The Hall–Kier alpha value is -0.330. The summed E-state index contributed by atoms with van der Waals surface area (Å²) in [7, 11) is 0. The maximum absolute atomic E-state index is 4.30. The zero-order valence-corrected chi connectivity index (χ0v) is 7.18. The zero-order chi connectivity index (χ0) is 7.57. The molecule has 1 spiro atoms. The van der Waals surface area contributed by atoms with Gasteiger partial charge in [0.1, 0.15) is 0 Å². The van der Waals surface area contributed by atoms with E-state index in [1.807, 2.05) is 0 Å². The molecule has 0 saturated heterocycles. The van der Waals surface area contributed by atoms with Gasteiger partial charge in [0, 0.05) is 6.54 Å². The fourth-order valence-corrected chi connectivity index (χ4v) is 2.51. The fourth-order valence-electron chi connectivity index (χ4n) is 2.51. The van der Waals surface area contributed by atoms with Crippen molar-refractivity contribution < 1.29 is 0 Å². The topological polar surface area (TPSA) is 12.4 Å². The molecule has 1 nitrogen and oxygen atoms in total.